The first-order valence-corrected chi connectivity index (χ1v) is 8.52. The topological polar surface area (TPSA) is 49.3 Å². The normalized spacial score (nSPS) is 24.2. The molecule has 0 radical (unpaired) electrons. The number of aliphatic hydroxyl groups is 1. The molecule has 1 atom stereocenters. The number of halogens is 1. The highest BCUT2D eigenvalue weighted by Gasteiger charge is 2.39. The standard InChI is InChI=1S/C15H18ClNO2S/c16-12-3-1-2-11-10(12)4-5-13(11)17-14(18)15(19)6-8-20-9-7-15/h1-3,13,19H,4-9H2,(H,17,18). The van der Waals surface area contributed by atoms with Crippen molar-refractivity contribution in [3.8, 4) is 0 Å². The molecule has 20 heavy (non-hydrogen) atoms. The van der Waals surface area contributed by atoms with Crippen molar-refractivity contribution in [3.63, 3.8) is 0 Å². The molecule has 1 aromatic carbocycles. The fourth-order valence-corrected chi connectivity index (χ4v) is 4.43. The molecule has 1 unspecified atom stereocenters. The summed E-state index contributed by atoms with van der Waals surface area (Å²) in [7, 11) is 0. The molecular weight excluding hydrogens is 294 g/mol. The van der Waals surface area contributed by atoms with Crippen LogP contribution in [0.5, 0.6) is 0 Å². The molecule has 0 bridgehead atoms. The van der Waals surface area contributed by atoms with E-state index >= 15 is 0 Å². The minimum absolute atomic E-state index is 0.0187. The van der Waals surface area contributed by atoms with Gasteiger partial charge >= 0.3 is 0 Å². The first-order valence-electron chi connectivity index (χ1n) is 6.98. The Bertz CT molecular complexity index is 529. The number of thioether (sulfide) groups is 1. The van der Waals surface area contributed by atoms with E-state index in [0.717, 1.165) is 40.5 Å². The van der Waals surface area contributed by atoms with Gasteiger partial charge in [0.15, 0.2) is 0 Å². The monoisotopic (exact) mass is 311 g/mol. The summed E-state index contributed by atoms with van der Waals surface area (Å²) in [5.74, 6) is 1.46. The lowest BCUT2D eigenvalue weighted by Gasteiger charge is -2.31. The van der Waals surface area contributed by atoms with E-state index in [1.165, 1.54) is 0 Å². The number of amides is 1. The van der Waals surface area contributed by atoms with Crippen LogP contribution in [-0.4, -0.2) is 28.1 Å². The second-order valence-corrected chi connectivity index (χ2v) is 7.15. The van der Waals surface area contributed by atoms with E-state index in [9.17, 15) is 9.90 Å². The second-order valence-electron chi connectivity index (χ2n) is 5.52. The van der Waals surface area contributed by atoms with Crippen molar-refractivity contribution in [1.29, 1.82) is 0 Å². The van der Waals surface area contributed by atoms with E-state index in [1.807, 2.05) is 18.2 Å². The molecule has 1 aromatic rings. The van der Waals surface area contributed by atoms with Crippen LogP contribution >= 0.6 is 23.4 Å². The van der Waals surface area contributed by atoms with E-state index in [1.54, 1.807) is 11.8 Å². The Labute approximate surface area is 128 Å². The Kier molecular flexibility index (Phi) is 3.98. The zero-order valence-electron chi connectivity index (χ0n) is 11.2. The summed E-state index contributed by atoms with van der Waals surface area (Å²) in [5.41, 5.74) is 1.04. The highest BCUT2D eigenvalue weighted by Crippen LogP contribution is 2.36. The maximum Gasteiger partial charge on any atom is 0.252 e. The van der Waals surface area contributed by atoms with Gasteiger partial charge in [0.1, 0.15) is 5.60 Å². The van der Waals surface area contributed by atoms with Crippen molar-refractivity contribution in [2.45, 2.75) is 37.3 Å². The van der Waals surface area contributed by atoms with Crippen molar-refractivity contribution in [1.82, 2.24) is 5.32 Å². The van der Waals surface area contributed by atoms with E-state index in [2.05, 4.69) is 5.32 Å². The van der Waals surface area contributed by atoms with Crippen molar-refractivity contribution < 1.29 is 9.90 Å². The number of fused-ring (bicyclic) bond motifs is 1. The van der Waals surface area contributed by atoms with Crippen LogP contribution in [0.4, 0.5) is 0 Å². The van der Waals surface area contributed by atoms with Crippen molar-refractivity contribution in [3.05, 3.63) is 34.3 Å². The van der Waals surface area contributed by atoms with Gasteiger partial charge in [-0.15, -0.1) is 0 Å². The van der Waals surface area contributed by atoms with Crippen LogP contribution < -0.4 is 5.32 Å². The molecule has 1 saturated heterocycles. The Balaban J connectivity index is 1.74. The van der Waals surface area contributed by atoms with E-state index in [0.29, 0.717) is 12.8 Å². The SMILES string of the molecule is O=C(NC1CCc2c(Cl)cccc21)C1(O)CCSCC1. The fraction of sp³-hybridized carbons (Fsp3) is 0.533. The number of carbonyl (C=O) groups excluding carboxylic acids is 1. The smallest absolute Gasteiger partial charge is 0.252 e. The maximum atomic E-state index is 12.4. The first kappa shape index (κ1) is 14.2. The zero-order chi connectivity index (χ0) is 14.2. The molecule has 5 heteroatoms. The van der Waals surface area contributed by atoms with Crippen LogP contribution in [-0.2, 0) is 11.2 Å². The molecule has 3 rings (SSSR count). The summed E-state index contributed by atoms with van der Waals surface area (Å²) in [6.07, 6.45) is 2.82. The van der Waals surface area contributed by atoms with Gasteiger partial charge in [-0.05, 0) is 54.4 Å². The average Bonchev–Trinajstić information content (AvgIpc) is 2.84. The van der Waals surface area contributed by atoms with Crippen LogP contribution in [0.25, 0.3) is 0 Å². The second kappa shape index (κ2) is 5.58. The van der Waals surface area contributed by atoms with Crippen LogP contribution in [0.1, 0.15) is 36.4 Å². The minimum Gasteiger partial charge on any atom is -0.380 e. The summed E-state index contributed by atoms with van der Waals surface area (Å²) in [6.45, 7) is 0. The van der Waals surface area contributed by atoms with Crippen molar-refractivity contribution in [2.24, 2.45) is 0 Å². The Morgan fingerprint density at radius 3 is 2.90 bits per heavy atom. The van der Waals surface area contributed by atoms with Crippen LogP contribution in [0, 0.1) is 0 Å². The lowest BCUT2D eigenvalue weighted by Crippen LogP contribution is -2.49. The quantitative estimate of drug-likeness (QED) is 0.883. The molecule has 1 fully saturated rings. The lowest BCUT2D eigenvalue weighted by molar-refractivity contribution is -0.141. The summed E-state index contributed by atoms with van der Waals surface area (Å²) in [5, 5.41) is 14.2. The molecular formula is C15H18ClNO2S. The van der Waals surface area contributed by atoms with Crippen LogP contribution in [0.15, 0.2) is 18.2 Å². The van der Waals surface area contributed by atoms with E-state index in [-0.39, 0.29) is 11.9 Å². The largest absolute Gasteiger partial charge is 0.380 e. The van der Waals surface area contributed by atoms with Gasteiger partial charge in [0.2, 0.25) is 0 Å². The highest BCUT2D eigenvalue weighted by molar-refractivity contribution is 7.99. The average molecular weight is 312 g/mol. The molecule has 108 valence electrons. The predicted octanol–water partition coefficient (Wildman–Crippen LogP) is 2.70. The van der Waals surface area contributed by atoms with Gasteiger partial charge in [-0.2, -0.15) is 11.8 Å². The van der Waals surface area contributed by atoms with Gasteiger partial charge in [-0.3, -0.25) is 4.79 Å². The highest BCUT2D eigenvalue weighted by atomic mass is 35.5. The number of hydrogen-bond donors (Lipinski definition) is 2. The molecule has 3 nitrogen and oxygen atoms in total. The molecule has 1 amide bonds. The van der Waals surface area contributed by atoms with Crippen molar-refractivity contribution >= 4 is 29.3 Å². The number of nitrogens with one attached hydrogen (secondary N) is 1. The number of benzene rings is 1. The summed E-state index contributed by atoms with van der Waals surface area (Å²) in [4.78, 5) is 12.4. The summed E-state index contributed by atoms with van der Waals surface area (Å²) < 4.78 is 0. The molecule has 0 spiro atoms. The van der Waals surface area contributed by atoms with Crippen LogP contribution in [0.2, 0.25) is 5.02 Å². The molecule has 0 aromatic heterocycles. The van der Waals surface area contributed by atoms with Gasteiger partial charge in [0, 0.05) is 5.02 Å². The molecule has 2 N–H and O–H groups in total. The minimum atomic E-state index is -1.19. The van der Waals surface area contributed by atoms with E-state index < -0.39 is 5.60 Å². The van der Waals surface area contributed by atoms with E-state index in [4.69, 9.17) is 11.6 Å². The lowest BCUT2D eigenvalue weighted by atomic mass is 9.95. The van der Waals surface area contributed by atoms with Crippen LogP contribution in [0.3, 0.4) is 0 Å². The third kappa shape index (κ3) is 2.57. The summed E-state index contributed by atoms with van der Waals surface area (Å²) in [6, 6.07) is 5.79. The Hall–Kier alpha value is -0.710. The molecule has 1 aliphatic heterocycles. The van der Waals surface area contributed by atoms with Gasteiger partial charge in [-0.1, -0.05) is 23.7 Å². The van der Waals surface area contributed by atoms with Gasteiger partial charge in [0.05, 0.1) is 6.04 Å². The zero-order valence-corrected chi connectivity index (χ0v) is 12.8. The Morgan fingerprint density at radius 2 is 2.15 bits per heavy atom. The fourth-order valence-electron chi connectivity index (χ4n) is 2.99. The summed E-state index contributed by atoms with van der Waals surface area (Å²) >= 11 is 7.97. The molecule has 0 saturated carbocycles. The molecule has 2 aliphatic rings. The number of rotatable bonds is 2. The maximum absolute atomic E-state index is 12.4. The number of hydrogen-bond acceptors (Lipinski definition) is 3. The Morgan fingerprint density at radius 1 is 1.40 bits per heavy atom. The third-order valence-corrected chi connectivity index (χ3v) is 5.60. The van der Waals surface area contributed by atoms with Gasteiger partial charge in [-0.25, -0.2) is 0 Å². The van der Waals surface area contributed by atoms with Gasteiger partial charge in [0.25, 0.3) is 5.91 Å². The molecule has 1 aliphatic carbocycles. The van der Waals surface area contributed by atoms with Gasteiger partial charge < -0.3 is 10.4 Å². The molecule has 1 heterocycles. The third-order valence-electron chi connectivity index (χ3n) is 4.26. The number of carbonyl (C=O) groups is 1. The predicted molar refractivity (Wildman–Crippen MR) is 82.2 cm³/mol. The van der Waals surface area contributed by atoms with Crippen molar-refractivity contribution in [2.75, 3.05) is 11.5 Å². The first-order chi connectivity index (χ1) is 9.60.